The lowest BCUT2D eigenvalue weighted by Crippen LogP contribution is -2.43. The molecule has 154 valence electrons. The Morgan fingerprint density at radius 1 is 1.20 bits per heavy atom. The van der Waals surface area contributed by atoms with Crippen molar-refractivity contribution in [3.05, 3.63) is 64.9 Å². The number of hydrogen-bond acceptors (Lipinski definition) is 5. The average Bonchev–Trinajstić information content (AvgIpc) is 3.42. The highest BCUT2D eigenvalue weighted by Crippen LogP contribution is 2.37. The first-order valence-corrected chi connectivity index (χ1v) is 10.8. The number of halogens is 1. The van der Waals surface area contributed by atoms with E-state index in [9.17, 15) is 14.0 Å². The molecular formula is C22H21FN4O2S. The van der Waals surface area contributed by atoms with Gasteiger partial charge in [0.1, 0.15) is 16.4 Å². The number of rotatable bonds is 4. The monoisotopic (exact) mass is 424 g/mol. The molecule has 0 aliphatic carbocycles. The Labute approximate surface area is 177 Å². The summed E-state index contributed by atoms with van der Waals surface area (Å²) in [5.74, 6) is -0.708. The van der Waals surface area contributed by atoms with E-state index in [1.807, 2.05) is 18.2 Å². The summed E-state index contributed by atoms with van der Waals surface area (Å²) in [5, 5.41) is 3.81. The molecular weight excluding hydrogens is 403 g/mol. The van der Waals surface area contributed by atoms with Crippen molar-refractivity contribution in [1.82, 2.24) is 20.1 Å². The van der Waals surface area contributed by atoms with E-state index < -0.39 is 11.6 Å². The van der Waals surface area contributed by atoms with Crippen molar-refractivity contribution >= 4 is 33.5 Å². The summed E-state index contributed by atoms with van der Waals surface area (Å²) in [6.07, 6.45) is 1.93. The van der Waals surface area contributed by atoms with Crippen LogP contribution in [0.3, 0.4) is 0 Å². The first-order valence-electron chi connectivity index (χ1n) is 9.95. The summed E-state index contributed by atoms with van der Waals surface area (Å²) in [4.78, 5) is 34.1. The number of para-hydroxylation sites is 1. The predicted molar refractivity (Wildman–Crippen MR) is 112 cm³/mol. The smallest absolute Gasteiger partial charge is 0.319 e. The Hall–Kier alpha value is -2.84. The van der Waals surface area contributed by atoms with Gasteiger partial charge in [0.05, 0.1) is 22.9 Å². The maximum Gasteiger partial charge on any atom is 0.326 e. The molecule has 30 heavy (non-hydrogen) atoms. The van der Waals surface area contributed by atoms with Gasteiger partial charge in [0, 0.05) is 6.54 Å². The number of thiazole rings is 1. The third-order valence-corrected chi connectivity index (χ3v) is 7.12. The molecule has 2 aliphatic heterocycles. The molecule has 2 atom stereocenters. The quantitative estimate of drug-likeness (QED) is 0.643. The Bertz CT molecular complexity index is 1100. The first kappa shape index (κ1) is 19.1. The van der Waals surface area contributed by atoms with Crippen LogP contribution in [0, 0.1) is 5.82 Å². The van der Waals surface area contributed by atoms with E-state index in [0.29, 0.717) is 5.56 Å². The summed E-state index contributed by atoms with van der Waals surface area (Å²) in [6, 6.07) is 13.4. The largest absolute Gasteiger partial charge is 0.326 e. The Kier molecular flexibility index (Phi) is 4.56. The van der Waals surface area contributed by atoms with Crippen LogP contribution in [0.5, 0.6) is 0 Å². The zero-order chi connectivity index (χ0) is 20.9. The number of likely N-dealkylation sites (tertiary alicyclic amines) is 1. The number of nitrogens with one attached hydrogen (secondary N) is 1. The highest BCUT2D eigenvalue weighted by molar-refractivity contribution is 7.18. The number of urea groups is 1. The molecule has 0 unspecified atom stereocenters. The lowest BCUT2D eigenvalue weighted by atomic mass is 9.92. The third-order valence-electron chi connectivity index (χ3n) is 5.98. The molecule has 8 heteroatoms. The van der Waals surface area contributed by atoms with Gasteiger partial charge in [-0.05, 0) is 49.6 Å². The maximum atomic E-state index is 13.3. The minimum absolute atomic E-state index is 0.0840. The molecule has 2 fully saturated rings. The van der Waals surface area contributed by atoms with Gasteiger partial charge < -0.3 is 5.32 Å². The summed E-state index contributed by atoms with van der Waals surface area (Å²) in [5.41, 5.74) is 0.340. The molecule has 0 saturated carbocycles. The molecule has 2 saturated heterocycles. The molecule has 2 aromatic carbocycles. The van der Waals surface area contributed by atoms with Gasteiger partial charge in [-0.15, -0.1) is 11.3 Å². The number of imide groups is 1. The summed E-state index contributed by atoms with van der Waals surface area (Å²) in [6.45, 7) is 2.67. The van der Waals surface area contributed by atoms with Crippen molar-refractivity contribution in [2.75, 3.05) is 13.2 Å². The van der Waals surface area contributed by atoms with E-state index in [1.54, 1.807) is 18.3 Å². The maximum absolute atomic E-state index is 13.3. The minimum atomic E-state index is -1.20. The second-order valence-corrected chi connectivity index (χ2v) is 8.99. The van der Waals surface area contributed by atoms with Gasteiger partial charge in [0.2, 0.25) is 0 Å². The van der Waals surface area contributed by atoms with Crippen LogP contribution in [0.1, 0.15) is 36.4 Å². The van der Waals surface area contributed by atoms with Crippen LogP contribution in [-0.4, -0.2) is 39.9 Å². The Morgan fingerprint density at radius 3 is 2.73 bits per heavy atom. The van der Waals surface area contributed by atoms with Crippen LogP contribution in [0.4, 0.5) is 9.18 Å². The minimum Gasteiger partial charge on any atom is -0.319 e. The molecule has 0 radical (unpaired) electrons. The average molecular weight is 425 g/mol. The number of amides is 3. The SMILES string of the molecule is C[C@@]1(c2ccc(F)cc2)NC(=O)N(CN2CCC[C@@H]2c2nc3ccccc3s2)C1=O. The fraction of sp³-hybridized carbons (Fsp3) is 0.318. The fourth-order valence-electron chi connectivity index (χ4n) is 4.29. The normalized spacial score (nSPS) is 24.7. The zero-order valence-corrected chi connectivity index (χ0v) is 17.3. The van der Waals surface area contributed by atoms with Crippen molar-refractivity contribution in [3.8, 4) is 0 Å². The first-order chi connectivity index (χ1) is 14.5. The van der Waals surface area contributed by atoms with Crippen LogP contribution in [0.2, 0.25) is 0 Å². The molecule has 0 spiro atoms. The zero-order valence-electron chi connectivity index (χ0n) is 16.5. The van der Waals surface area contributed by atoms with Gasteiger partial charge in [0.15, 0.2) is 0 Å². The lowest BCUT2D eigenvalue weighted by molar-refractivity contribution is -0.132. The fourth-order valence-corrected chi connectivity index (χ4v) is 5.43. The van der Waals surface area contributed by atoms with Crippen molar-refractivity contribution in [2.24, 2.45) is 0 Å². The van der Waals surface area contributed by atoms with Crippen molar-refractivity contribution < 1.29 is 14.0 Å². The molecule has 0 bridgehead atoms. The second-order valence-electron chi connectivity index (χ2n) is 7.93. The van der Waals surface area contributed by atoms with E-state index in [2.05, 4.69) is 16.3 Å². The second kappa shape index (κ2) is 7.14. The van der Waals surface area contributed by atoms with Crippen LogP contribution < -0.4 is 5.32 Å². The topological polar surface area (TPSA) is 65.5 Å². The number of nitrogens with zero attached hydrogens (tertiary/aromatic N) is 3. The van der Waals surface area contributed by atoms with Crippen LogP contribution in [0.25, 0.3) is 10.2 Å². The van der Waals surface area contributed by atoms with Gasteiger partial charge in [-0.3, -0.25) is 9.69 Å². The van der Waals surface area contributed by atoms with E-state index in [0.717, 1.165) is 34.6 Å². The van der Waals surface area contributed by atoms with Gasteiger partial charge in [0.25, 0.3) is 5.91 Å². The van der Waals surface area contributed by atoms with E-state index in [4.69, 9.17) is 4.98 Å². The number of hydrogen-bond donors (Lipinski definition) is 1. The molecule has 1 N–H and O–H groups in total. The number of aromatic nitrogens is 1. The van der Waals surface area contributed by atoms with Crippen LogP contribution in [0.15, 0.2) is 48.5 Å². The molecule has 6 nitrogen and oxygen atoms in total. The number of carbonyl (C=O) groups is 2. The molecule has 5 rings (SSSR count). The van der Waals surface area contributed by atoms with Crippen molar-refractivity contribution in [1.29, 1.82) is 0 Å². The Balaban J connectivity index is 1.38. The summed E-state index contributed by atoms with van der Waals surface area (Å²) < 4.78 is 14.4. The van der Waals surface area contributed by atoms with Gasteiger partial charge in [-0.25, -0.2) is 19.1 Å². The molecule has 2 aliphatic rings. The molecule has 3 amide bonds. The van der Waals surface area contributed by atoms with Gasteiger partial charge >= 0.3 is 6.03 Å². The van der Waals surface area contributed by atoms with Gasteiger partial charge in [-0.1, -0.05) is 24.3 Å². The van der Waals surface area contributed by atoms with E-state index in [1.165, 1.54) is 29.2 Å². The summed E-state index contributed by atoms with van der Waals surface area (Å²) >= 11 is 1.66. The van der Waals surface area contributed by atoms with Crippen molar-refractivity contribution in [2.45, 2.75) is 31.3 Å². The molecule has 3 heterocycles. The molecule has 1 aromatic heterocycles. The van der Waals surface area contributed by atoms with Crippen molar-refractivity contribution in [3.63, 3.8) is 0 Å². The lowest BCUT2D eigenvalue weighted by Gasteiger charge is -2.27. The predicted octanol–water partition coefficient (Wildman–Crippen LogP) is 4.00. The molecule has 3 aromatic rings. The number of fused-ring (bicyclic) bond motifs is 1. The number of benzene rings is 2. The van der Waals surface area contributed by atoms with Crippen LogP contribution in [-0.2, 0) is 10.3 Å². The Morgan fingerprint density at radius 2 is 1.97 bits per heavy atom. The highest BCUT2D eigenvalue weighted by atomic mass is 32.1. The highest BCUT2D eigenvalue weighted by Gasteiger charge is 2.50. The van der Waals surface area contributed by atoms with E-state index >= 15 is 0 Å². The summed E-state index contributed by atoms with van der Waals surface area (Å²) in [7, 11) is 0. The standard InChI is InChI=1S/C22H21FN4O2S/c1-22(14-8-10-15(23)11-9-14)20(28)27(21(29)25-22)13-26-12-4-6-17(26)19-24-16-5-2-3-7-18(16)30-19/h2-3,5,7-11,17H,4,6,12-13H2,1H3,(H,25,29)/t17-,22+/m1/s1. The van der Waals surface area contributed by atoms with E-state index in [-0.39, 0.29) is 24.4 Å². The number of carbonyl (C=O) groups excluding carboxylic acids is 2. The van der Waals surface area contributed by atoms with Gasteiger partial charge in [-0.2, -0.15) is 0 Å². The third kappa shape index (κ3) is 3.07. The van der Waals surface area contributed by atoms with Crippen LogP contribution >= 0.6 is 11.3 Å².